The van der Waals surface area contributed by atoms with Gasteiger partial charge in [-0.05, 0) is 0 Å². The van der Waals surface area contributed by atoms with E-state index in [0.29, 0.717) is 5.54 Å². The molecule has 0 saturated carbocycles. The number of rotatable bonds is 1. The largest absolute Gasteiger partial charge is 0.147 e. The molecule has 0 N–H and O–H groups in total. The van der Waals surface area contributed by atoms with Gasteiger partial charge in [0.25, 0.3) is 0 Å². The normalized spacial score (nSPS) is 14.9. The van der Waals surface area contributed by atoms with Crippen LogP contribution in [0.1, 0.15) is 16.7 Å². The molecule has 1 aliphatic carbocycles. The van der Waals surface area contributed by atoms with Crippen LogP contribution >= 0.6 is 37.2 Å². The van der Waals surface area contributed by atoms with E-state index in [0.717, 1.165) is 0 Å². The Morgan fingerprint density at radius 2 is 1.38 bits per heavy atom. The summed E-state index contributed by atoms with van der Waals surface area (Å²) in [5.74, 6) is 0. The maximum Gasteiger partial charge on any atom is -0.147 e. The molecule has 1 atom stereocenters. The van der Waals surface area contributed by atoms with Crippen LogP contribution in [-0.2, 0) is 20.4 Å². The first-order valence-corrected chi connectivity index (χ1v) is 10.8. The quantitative estimate of drug-likeness (QED) is 0.589. The molecule has 5 heteroatoms. The van der Waals surface area contributed by atoms with Crippen LogP contribution in [0.2, 0.25) is 19.6 Å². The van der Waals surface area contributed by atoms with E-state index in [1.54, 1.807) is 11.1 Å². The number of benzene rings is 2. The summed E-state index contributed by atoms with van der Waals surface area (Å²) < 4.78 is 1.45. The van der Waals surface area contributed by atoms with Gasteiger partial charge in [0.15, 0.2) is 0 Å². The average Bonchev–Trinajstić information content (AvgIpc) is 2.65. The van der Waals surface area contributed by atoms with Crippen LogP contribution in [0.25, 0.3) is 11.1 Å². The number of fused-ring (bicyclic) bond motifs is 3. The Bertz CT molecular complexity index is 623. The van der Waals surface area contributed by atoms with Crippen molar-refractivity contribution in [2.75, 3.05) is 0 Å². The fourth-order valence-corrected chi connectivity index (χ4v) is 6.33. The topological polar surface area (TPSA) is 0 Å². The van der Waals surface area contributed by atoms with Gasteiger partial charge in [-0.2, -0.15) is 0 Å². The van der Waals surface area contributed by atoms with E-state index in [9.17, 15) is 0 Å². The Morgan fingerprint density at radius 3 is 2.00 bits per heavy atom. The van der Waals surface area contributed by atoms with Crippen LogP contribution in [0.15, 0.2) is 42.5 Å². The van der Waals surface area contributed by atoms with Crippen molar-refractivity contribution < 1.29 is 20.4 Å². The first-order chi connectivity index (χ1) is 8.50. The molecule has 0 amide bonds. The zero-order chi connectivity index (χ0) is 12.9. The average molecular weight is 395 g/mol. The molecule has 2 aromatic carbocycles. The molecule has 0 fully saturated rings. The van der Waals surface area contributed by atoms with Gasteiger partial charge in [-0.15, -0.1) is 37.2 Å². The third-order valence-corrected chi connectivity index (χ3v) is 6.84. The summed E-state index contributed by atoms with van der Waals surface area (Å²) in [4.78, 5) is 0. The summed E-state index contributed by atoms with van der Waals surface area (Å²) in [7, 11) is -1.26. The third kappa shape index (κ3) is 3.60. The molecule has 21 heavy (non-hydrogen) atoms. The van der Waals surface area contributed by atoms with Gasteiger partial charge in [0.05, 0.1) is 0 Å². The molecule has 1 unspecified atom stereocenters. The molecule has 3 rings (SSSR count). The van der Waals surface area contributed by atoms with Crippen LogP contribution < -0.4 is 3.87 Å². The summed E-state index contributed by atoms with van der Waals surface area (Å²) in [6, 6.07) is 15.7. The SMILES string of the molecule is C[Si](C)(C)C1c2ccccc2-c2ccc[c]([Ti])c21.Cl.Cl.Cl. The number of halogens is 3. The van der Waals surface area contributed by atoms with Gasteiger partial charge in [0.1, 0.15) is 0 Å². The van der Waals surface area contributed by atoms with Crippen molar-refractivity contribution in [3.05, 3.63) is 53.6 Å². The molecule has 113 valence electrons. The maximum absolute atomic E-state index is 2.48. The fourth-order valence-electron chi connectivity index (χ4n) is 3.16. The zero-order valence-corrected chi connectivity index (χ0v) is 17.4. The fraction of sp³-hybridized carbons (Fsp3) is 0.250. The maximum atomic E-state index is 2.48. The molecule has 0 aromatic heterocycles. The molecule has 2 aromatic rings. The van der Waals surface area contributed by atoms with E-state index in [1.807, 2.05) is 0 Å². The van der Waals surface area contributed by atoms with Crippen molar-refractivity contribution in [1.82, 2.24) is 0 Å². The van der Waals surface area contributed by atoms with E-state index in [-0.39, 0.29) is 37.2 Å². The van der Waals surface area contributed by atoms with E-state index < -0.39 is 8.07 Å². The molecule has 0 aliphatic heterocycles. The smallest absolute Gasteiger partial charge is 0.147 e. The van der Waals surface area contributed by atoms with Crippen LogP contribution in [-0.4, -0.2) is 8.07 Å². The van der Waals surface area contributed by atoms with Crippen molar-refractivity contribution in [3.63, 3.8) is 0 Å². The van der Waals surface area contributed by atoms with Gasteiger partial charge in [-0.1, -0.05) is 0 Å². The second-order valence-electron chi connectivity index (χ2n) is 6.15. The summed E-state index contributed by atoms with van der Waals surface area (Å²) in [5.41, 5.74) is 6.74. The Balaban J connectivity index is 0.00000133. The molecule has 0 radical (unpaired) electrons. The van der Waals surface area contributed by atoms with E-state index in [4.69, 9.17) is 0 Å². The summed E-state index contributed by atoms with van der Waals surface area (Å²) in [6.07, 6.45) is 0. The Labute approximate surface area is 158 Å². The molecule has 1 aliphatic rings. The summed E-state index contributed by atoms with van der Waals surface area (Å²) >= 11 is 2.26. The number of hydrogen-bond donors (Lipinski definition) is 0. The van der Waals surface area contributed by atoms with E-state index >= 15 is 0 Å². The first-order valence-electron chi connectivity index (χ1n) is 6.44. The van der Waals surface area contributed by atoms with Crippen molar-refractivity contribution in [2.45, 2.75) is 25.2 Å². The molecule has 0 saturated heterocycles. The molecule has 0 spiro atoms. The Morgan fingerprint density at radius 1 is 0.810 bits per heavy atom. The van der Waals surface area contributed by atoms with Gasteiger partial charge in [-0.25, -0.2) is 0 Å². The second-order valence-corrected chi connectivity index (χ2v) is 12.3. The predicted molar refractivity (Wildman–Crippen MR) is 98.4 cm³/mol. The third-order valence-electron chi connectivity index (χ3n) is 3.82. The summed E-state index contributed by atoms with van der Waals surface area (Å²) in [6.45, 7) is 7.45. The van der Waals surface area contributed by atoms with Gasteiger partial charge < -0.3 is 0 Å². The minimum Gasteiger partial charge on any atom is -0.147 e. The van der Waals surface area contributed by atoms with Crippen molar-refractivity contribution in [2.24, 2.45) is 0 Å². The van der Waals surface area contributed by atoms with Crippen molar-refractivity contribution in [1.29, 1.82) is 0 Å². The molecule has 0 bridgehead atoms. The van der Waals surface area contributed by atoms with E-state index in [2.05, 4.69) is 82.5 Å². The second kappa shape index (κ2) is 7.68. The zero-order valence-electron chi connectivity index (χ0n) is 12.3. The minimum absolute atomic E-state index is 0. The van der Waals surface area contributed by atoms with Gasteiger partial charge in [-0.3, -0.25) is 0 Å². The van der Waals surface area contributed by atoms with Crippen LogP contribution in [0.3, 0.4) is 0 Å². The van der Waals surface area contributed by atoms with Gasteiger partial charge in [0, 0.05) is 0 Å². The van der Waals surface area contributed by atoms with Crippen LogP contribution in [0.5, 0.6) is 0 Å². The monoisotopic (exact) mass is 393 g/mol. The summed E-state index contributed by atoms with van der Waals surface area (Å²) in [5, 5.41) is 0. The standard InChI is InChI=1S/C16H17Si.3ClH.Ti/c1-17(2,3)16-14-10-6-4-8-12(14)13-9-5-7-11-15(13)16;;;;/h4-10,16H,1-3H3;3*1H;. The van der Waals surface area contributed by atoms with E-state index in [1.165, 1.54) is 15.0 Å². The molecule has 0 nitrogen and oxygen atoms in total. The molecule has 0 heterocycles. The Kier molecular flexibility index (Phi) is 7.77. The number of hydrogen-bond acceptors (Lipinski definition) is 0. The van der Waals surface area contributed by atoms with Crippen molar-refractivity contribution >= 4 is 49.2 Å². The van der Waals surface area contributed by atoms with Crippen LogP contribution in [0.4, 0.5) is 0 Å². The van der Waals surface area contributed by atoms with Gasteiger partial charge in [0.2, 0.25) is 0 Å². The first kappa shape index (κ1) is 21.2. The Hall–Kier alpha value is 0.241. The van der Waals surface area contributed by atoms with Crippen molar-refractivity contribution in [3.8, 4) is 11.1 Å². The van der Waals surface area contributed by atoms with Crippen LogP contribution in [0, 0.1) is 0 Å². The molecular formula is C16H20Cl3SiTi. The van der Waals surface area contributed by atoms with Gasteiger partial charge >= 0.3 is 122 Å². The predicted octanol–water partition coefficient (Wildman–Crippen LogP) is 5.11. The minimum atomic E-state index is -1.26. The molecular weight excluding hydrogens is 374 g/mol.